The van der Waals surface area contributed by atoms with Crippen LogP contribution in [-0.2, 0) is 0 Å². The van der Waals surface area contributed by atoms with E-state index in [1.165, 1.54) is 0 Å². The number of nitrogens with one attached hydrogen (secondary N) is 1. The molecule has 1 heterocycles. The van der Waals surface area contributed by atoms with Crippen molar-refractivity contribution in [2.45, 2.75) is 19.8 Å². The number of nitrogens with zero attached hydrogens (tertiary/aromatic N) is 2. The van der Waals surface area contributed by atoms with Gasteiger partial charge in [-0.3, -0.25) is 4.79 Å². The first-order valence-corrected chi connectivity index (χ1v) is 8.20. The number of hydrogen-bond donors (Lipinski definition) is 1. The van der Waals surface area contributed by atoms with Crippen LogP contribution in [0, 0.1) is 0 Å². The lowest BCUT2D eigenvalue weighted by Crippen LogP contribution is -2.28. The van der Waals surface area contributed by atoms with Gasteiger partial charge in [-0.05, 0) is 36.8 Å². The SMILES string of the molecule is CCCCN(C)C(=O)c1ccc(Nc2cc(Cl)ccc2Cl)cn1. The molecule has 0 bridgehead atoms. The average Bonchev–Trinajstić information content (AvgIpc) is 2.56. The number of rotatable bonds is 6. The molecule has 0 fully saturated rings. The van der Waals surface area contributed by atoms with Crippen molar-refractivity contribution in [2.75, 3.05) is 18.9 Å². The van der Waals surface area contributed by atoms with E-state index < -0.39 is 0 Å². The van der Waals surface area contributed by atoms with Crippen molar-refractivity contribution in [2.24, 2.45) is 0 Å². The van der Waals surface area contributed by atoms with Gasteiger partial charge in [-0.15, -0.1) is 0 Å². The van der Waals surface area contributed by atoms with Crippen LogP contribution in [0.25, 0.3) is 0 Å². The number of carbonyl (C=O) groups excluding carboxylic acids is 1. The molecule has 0 radical (unpaired) electrons. The number of amides is 1. The molecule has 0 saturated carbocycles. The van der Waals surface area contributed by atoms with Crippen LogP contribution in [-0.4, -0.2) is 29.4 Å². The fraction of sp³-hybridized carbons (Fsp3) is 0.294. The molecule has 0 spiro atoms. The second-order valence-corrected chi connectivity index (χ2v) is 6.11. The molecule has 1 aromatic heterocycles. The lowest BCUT2D eigenvalue weighted by atomic mass is 10.2. The van der Waals surface area contributed by atoms with Gasteiger partial charge in [0.05, 0.1) is 22.6 Å². The van der Waals surface area contributed by atoms with Crippen LogP contribution >= 0.6 is 23.2 Å². The number of unbranched alkanes of at least 4 members (excludes halogenated alkanes) is 1. The third-order valence-electron chi connectivity index (χ3n) is 3.38. The van der Waals surface area contributed by atoms with Crippen LogP contribution in [0.5, 0.6) is 0 Å². The number of halogens is 2. The van der Waals surface area contributed by atoms with Crippen molar-refractivity contribution in [1.82, 2.24) is 9.88 Å². The van der Waals surface area contributed by atoms with Crippen LogP contribution < -0.4 is 5.32 Å². The fourth-order valence-electron chi connectivity index (χ4n) is 2.04. The summed E-state index contributed by atoms with van der Waals surface area (Å²) in [4.78, 5) is 18.1. The maximum atomic E-state index is 12.2. The standard InChI is InChI=1S/C17H19Cl2N3O/c1-3-4-9-22(2)17(23)15-8-6-13(11-20-15)21-16-10-12(18)5-7-14(16)19/h5-8,10-11,21H,3-4,9H2,1-2H3. The van der Waals surface area contributed by atoms with Crippen LogP contribution in [0.15, 0.2) is 36.5 Å². The Balaban J connectivity index is 2.07. The van der Waals surface area contributed by atoms with Gasteiger partial charge >= 0.3 is 0 Å². The molecule has 23 heavy (non-hydrogen) atoms. The van der Waals surface area contributed by atoms with Gasteiger partial charge in [-0.25, -0.2) is 4.98 Å². The number of anilines is 2. The molecule has 0 atom stereocenters. The summed E-state index contributed by atoms with van der Waals surface area (Å²) < 4.78 is 0. The van der Waals surface area contributed by atoms with Gasteiger partial charge in [-0.1, -0.05) is 36.5 Å². The highest BCUT2D eigenvalue weighted by Gasteiger charge is 2.12. The van der Waals surface area contributed by atoms with E-state index in [9.17, 15) is 4.79 Å². The minimum atomic E-state index is -0.0780. The third-order valence-corrected chi connectivity index (χ3v) is 3.95. The van der Waals surface area contributed by atoms with E-state index in [0.29, 0.717) is 21.4 Å². The van der Waals surface area contributed by atoms with E-state index >= 15 is 0 Å². The molecule has 6 heteroatoms. The lowest BCUT2D eigenvalue weighted by Gasteiger charge is -2.16. The molecule has 122 valence electrons. The smallest absolute Gasteiger partial charge is 0.272 e. The Kier molecular flexibility index (Phi) is 6.25. The maximum Gasteiger partial charge on any atom is 0.272 e. The summed E-state index contributed by atoms with van der Waals surface area (Å²) >= 11 is 12.1. The Morgan fingerprint density at radius 1 is 1.26 bits per heavy atom. The zero-order chi connectivity index (χ0) is 16.8. The predicted octanol–water partition coefficient (Wildman–Crippen LogP) is 5.00. The van der Waals surface area contributed by atoms with Crippen molar-refractivity contribution in [3.8, 4) is 0 Å². The minimum Gasteiger partial charge on any atom is -0.353 e. The second kappa shape index (κ2) is 8.18. The molecular formula is C17H19Cl2N3O. The van der Waals surface area contributed by atoms with Crippen molar-refractivity contribution < 1.29 is 4.79 Å². The zero-order valence-corrected chi connectivity index (χ0v) is 14.7. The summed E-state index contributed by atoms with van der Waals surface area (Å²) in [5.41, 5.74) is 1.85. The summed E-state index contributed by atoms with van der Waals surface area (Å²) in [5.74, 6) is -0.0780. The van der Waals surface area contributed by atoms with Gasteiger partial charge in [0, 0.05) is 18.6 Å². The van der Waals surface area contributed by atoms with Crippen molar-refractivity contribution >= 4 is 40.5 Å². The molecule has 0 unspecified atom stereocenters. The van der Waals surface area contributed by atoms with Gasteiger partial charge in [0.15, 0.2) is 0 Å². The van der Waals surface area contributed by atoms with Crippen LogP contribution in [0.3, 0.4) is 0 Å². The number of hydrogen-bond acceptors (Lipinski definition) is 3. The molecule has 1 aromatic carbocycles. The van der Waals surface area contributed by atoms with Gasteiger partial charge < -0.3 is 10.2 Å². The molecule has 0 saturated heterocycles. The Morgan fingerprint density at radius 2 is 2.04 bits per heavy atom. The van der Waals surface area contributed by atoms with Crippen molar-refractivity contribution in [3.63, 3.8) is 0 Å². The average molecular weight is 352 g/mol. The van der Waals surface area contributed by atoms with E-state index in [1.54, 1.807) is 48.5 Å². The van der Waals surface area contributed by atoms with E-state index in [2.05, 4.69) is 17.2 Å². The molecular weight excluding hydrogens is 333 g/mol. The summed E-state index contributed by atoms with van der Waals surface area (Å²) in [5, 5.41) is 4.29. The Bertz CT molecular complexity index is 674. The fourth-order valence-corrected chi connectivity index (χ4v) is 2.37. The third kappa shape index (κ3) is 4.85. The van der Waals surface area contributed by atoms with Crippen LogP contribution in [0.1, 0.15) is 30.3 Å². The Hall–Kier alpha value is -1.78. The number of aromatic nitrogens is 1. The van der Waals surface area contributed by atoms with E-state index in [-0.39, 0.29) is 5.91 Å². The normalized spacial score (nSPS) is 10.4. The molecule has 0 aliphatic carbocycles. The number of benzene rings is 1. The molecule has 2 aromatic rings. The number of pyridine rings is 1. The quantitative estimate of drug-likeness (QED) is 0.795. The maximum absolute atomic E-state index is 12.2. The van der Waals surface area contributed by atoms with E-state index in [1.807, 2.05) is 0 Å². The molecule has 0 aliphatic rings. The van der Waals surface area contributed by atoms with Crippen LogP contribution in [0.2, 0.25) is 10.0 Å². The van der Waals surface area contributed by atoms with Crippen molar-refractivity contribution in [1.29, 1.82) is 0 Å². The first kappa shape index (κ1) is 17.6. The van der Waals surface area contributed by atoms with Gasteiger partial charge in [-0.2, -0.15) is 0 Å². The summed E-state index contributed by atoms with van der Waals surface area (Å²) in [6.45, 7) is 2.83. The molecule has 1 N–H and O–H groups in total. The zero-order valence-electron chi connectivity index (χ0n) is 13.1. The second-order valence-electron chi connectivity index (χ2n) is 5.26. The molecule has 1 amide bonds. The summed E-state index contributed by atoms with van der Waals surface area (Å²) in [7, 11) is 1.79. The largest absolute Gasteiger partial charge is 0.353 e. The minimum absolute atomic E-state index is 0.0780. The summed E-state index contributed by atoms with van der Waals surface area (Å²) in [6, 6.07) is 8.68. The van der Waals surface area contributed by atoms with Gasteiger partial charge in [0.1, 0.15) is 5.69 Å². The topological polar surface area (TPSA) is 45.2 Å². The molecule has 4 nitrogen and oxygen atoms in total. The van der Waals surface area contributed by atoms with Crippen molar-refractivity contribution in [3.05, 3.63) is 52.3 Å². The summed E-state index contributed by atoms with van der Waals surface area (Å²) in [6.07, 6.45) is 3.64. The Labute approximate surface area is 146 Å². The highest BCUT2D eigenvalue weighted by molar-refractivity contribution is 6.35. The van der Waals surface area contributed by atoms with Crippen LogP contribution in [0.4, 0.5) is 11.4 Å². The Morgan fingerprint density at radius 3 is 2.70 bits per heavy atom. The van der Waals surface area contributed by atoms with Gasteiger partial charge in [0.2, 0.25) is 0 Å². The number of carbonyl (C=O) groups is 1. The lowest BCUT2D eigenvalue weighted by molar-refractivity contribution is 0.0787. The monoisotopic (exact) mass is 351 g/mol. The predicted molar refractivity (Wildman–Crippen MR) is 95.9 cm³/mol. The van der Waals surface area contributed by atoms with Gasteiger partial charge in [0.25, 0.3) is 5.91 Å². The molecule has 0 aliphatic heterocycles. The highest BCUT2D eigenvalue weighted by atomic mass is 35.5. The van der Waals surface area contributed by atoms with E-state index in [0.717, 1.165) is 25.1 Å². The molecule has 2 rings (SSSR count). The van der Waals surface area contributed by atoms with E-state index in [4.69, 9.17) is 23.2 Å². The first-order valence-electron chi connectivity index (χ1n) is 7.45. The first-order chi connectivity index (χ1) is 11.0. The highest BCUT2D eigenvalue weighted by Crippen LogP contribution is 2.28.